The molecule has 0 saturated carbocycles. The lowest BCUT2D eigenvalue weighted by Gasteiger charge is -2.35. The number of piperazine rings is 1. The van der Waals surface area contributed by atoms with E-state index in [1.165, 1.54) is 23.1 Å². The molecule has 1 N–H and O–H groups in total. The first-order valence-corrected chi connectivity index (χ1v) is 11.6. The standard InChI is InChI=1S/C24H31N3O2S/c1-4-10-26-11-13-27(14-12-26)23-20-9-15-30-22(20)16-21(25-23)18-5-7-19(8-6-18)29-17-24(2,3)28/h5-9,15-16,28H,4,10-14,17H2,1-3H3. The number of hydrogen-bond acceptors (Lipinski definition) is 6. The van der Waals surface area contributed by atoms with Crippen LogP contribution in [0.2, 0.25) is 0 Å². The second-order valence-electron chi connectivity index (χ2n) is 8.62. The quantitative estimate of drug-likeness (QED) is 0.597. The van der Waals surface area contributed by atoms with E-state index in [0.29, 0.717) is 0 Å². The van der Waals surface area contributed by atoms with Gasteiger partial charge in [-0.1, -0.05) is 6.92 Å². The minimum atomic E-state index is -0.847. The van der Waals surface area contributed by atoms with Crippen molar-refractivity contribution in [2.24, 2.45) is 0 Å². The number of rotatable bonds is 7. The molecule has 2 aromatic heterocycles. The Morgan fingerprint density at radius 1 is 1.10 bits per heavy atom. The van der Waals surface area contributed by atoms with Crippen molar-refractivity contribution >= 4 is 27.2 Å². The normalized spacial score (nSPS) is 15.7. The average Bonchev–Trinajstić information content (AvgIpc) is 3.21. The van der Waals surface area contributed by atoms with Crippen LogP contribution in [0.25, 0.3) is 21.3 Å². The Kier molecular flexibility index (Phi) is 6.27. The molecule has 3 aromatic rings. The molecule has 30 heavy (non-hydrogen) atoms. The molecule has 0 atom stereocenters. The summed E-state index contributed by atoms with van der Waals surface area (Å²) in [5, 5.41) is 13.3. The van der Waals surface area contributed by atoms with Gasteiger partial charge in [-0.15, -0.1) is 11.3 Å². The summed E-state index contributed by atoms with van der Waals surface area (Å²) < 4.78 is 6.96. The highest BCUT2D eigenvalue weighted by Crippen LogP contribution is 2.34. The van der Waals surface area contributed by atoms with Crippen LogP contribution in [-0.4, -0.2) is 59.9 Å². The van der Waals surface area contributed by atoms with Crippen molar-refractivity contribution in [1.29, 1.82) is 0 Å². The molecule has 160 valence electrons. The molecule has 6 heteroatoms. The van der Waals surface area contributed by atoms with Crippen molar-refractivity contribution in [1.82, 2.24) is 9.88 Å². The number of aliphatic hydroxyl groups is 1. The fourth-order valence-electron chi connectivity index (χ4n) is 3.82. The van der Waals surface area contributed by atoms with Gasteiger partial charge in [-0.25, -0.2) is 4.98 Å². The smallest absolute Gasteiger partial charge is 0.138 e. The molecular formula is C24H31N3O2S. The molecule has 4 rings (SSSR count). The van der Waals surface area contributed by atoms with Crippen molar-refractivity contribution in [3.63, 3.8) is 0 Å². The van der Waals surface area contributed by atoms with Gasteiger partial charge in [0, 0.05) is 41.8 Å². The number of thiophene rings is 1. The predicted octanol–water partition coefficient (Wildman–Crippen LogP) is 4.65. The zero-order valence-electron chi connectivity index (χ0n) is 18.1. The van der Waals surface area contributed by atoms with Crippen LogP contribution in [0.3, 0.4) is 0 Å². The van der Waals surface area contributed by atoms with Crippen LogP contribution in [0, 0.1) is 0 Å². The summed E-state index contributed by atoms with van der Waals surface area (Å²) in [5.74, 6) is 1.85. The molecule has 0 spiro atoms. The van der Waals surface area contributed by atoms with Gasteiger partial charge in [-0.2, -0.15) is 0 Å². The second kappa shape index (κ2) is 8.92. The maximum Gasteiger partial charge on any atom is 0.138 e. The Bertz CT molecular complexity index is 970. The highest BCUT2D eigenvalue weighted by molar-refractivity contribution is 7.17. The van der Waals surface area contributed by atoms with E-state index in [0.717, 1.165) is 49.0 Å². The van der Waals surface area contributed by atoms with Crippen LogP contribution in [0.4, 0.5) is 5.82 Å². The average molecular weight is 426 g/mol. The molecule has 3 heterocycles. The van der Waals surface area contributed by atoms with Gasteiger partial charge < -0.3 is 14.7 Å². The van der Waals surface area contributed by atoms with Gasteiger partial charge in [-0.3, -0.25) is 4.90 Å². The molecule has 5 nitrogen and oxygen atoms in total. The number of aromatic nitrogens is 1. The Hall–Kier alpha value is -2.15. The van der Waals surface area contributed by atoms with Crippen LogP contribution in [-0.2, 0) is 0 Å². The fraction of sp³-hybridized carbons (Fsp3) is 0.458. The number of benzene rings is 1. The van der Waals surface area contributed by atoms with Gasteiger partial charge in [0.2, 0.25) is 0 Å². The van der Waals surface area contributed by atoms with Crippen molar-refractivity contribution in [3.05, 3.63) is 41.8 Å². The molecule has 0 amide bonds. The molecule has 0 radical (unpaired) electrons. The maximum absolute atomic E-state index is 9.85. The molecule has 1 aliphatic heterocycles. The number of anilines is 1. The van der Waals surface area contributed by atoms with E-state index < -0.39 is 5.60 Å². The summed E-state index contributed by atoms with van der Waals surface area (Å²) in [7, 11) is 0. The van der Waals surface area contributed by atoms with Crippen LogP contribution in [0.5, 0.6) is 5.75 Å². The first-order chi connectivity index (χ1) is 14.4. The van der Waals surface area contributed by atoms with Crippen LogP contribution >= 0.6 is 11.3 Å². The lowest BCUT2D eigenvalue weighted by atomic mass is 10.1. The maximum atomic E-state index is 9.85. The van der Waals surface area contributed by atoms with E-state index in [4.69, 9.17) is 9.72 Å². The number of ether oxygens (including phenoxy) is 1. The van der Waals surface area contributed by atoms with E-state index in [9.17, 15) is 5.11 Å². The van der Waals surface area contributed by atoms with Gasteiger partial charge in [0.15, 0.2) is 0 Å². The topological polar surface area (TPSA) is 48.8 Å². The van der Waals surface area contributed by atoms with Gasteiger partial charge in [0.05, 0.1) is 11.3 Å². The van der Waals surface area contributed by atoms with E-state index >= 15 is 0 Å². The molecule has 1 saturated heterocycles. The number of pyridine rings is 1. The SMILES string of the molecule is CCCN1CCN(c2nc(-c3ccc(OCC(C)(C)O)cc3)cc3sccc23)CC1. The van der Waals surface area contributed by atoms with Gasteiger partial charge in [-0.05, 0) is 68.6 Å². The van der Waals surface area contributed by atoms with Crippen molar-refractivity contribution in [2.45, 2.75) is 32.8 Å². The van der Waals surface area contributed by atoms with Gasteiger partial charge >= 0.3 is 0 Å². The first-order valence-electron chi connectivity index (χ1n) is 10.7. The minimum Gasteiger partial charge on any atom is -0.491 e. The third-order valence-corrected chi connectivity index (χ3v) is 6.25. The summed E-state index contributed by atoms with van der Waals surface area (Å²) in [6.07, 6.45) is 1.21. The number of fused-ring (bicyclic) bond motifs is 1. The van der Waals surface area contributed by atoms with Gasteiger partial charge in [0.1, 0.15) is 18.2 Å². The Labute approximate surface area is 182 Å². The van der Waals surface area contributed by atoms with Crippen LogP contribution < -0.4 is 9.64 Å². The van der Waals surface area contributed by atoms with Crippen molar-refractivity contribution < 1.29 is 9.84 Å². The third-order valence-electron chi connectivity index (χ3n) is 5.38. The van der Waals surface area contributed by atoms with Crippen LogP contribution in [0.1, 0.15) is 27.2 Å². The number of nitrogens with zero attached hydrogens (tertiary/aromatic N) is 3. The minimum absolute atomic E-state index is 0.264. The highest BCUT2D eigenvalue weighted by Gasteiger charge is 2.21. The van der Waals surface area contributed by atoms with Crippen molar-refractivity contribution in [3.8, 4) is 17.0 Å². The highest BCUT2D eigenvalue weighted by atomic mass is 32.1. The monoisotopic (exact) mass is 425 g/mol. The van der Waals surface area contributed by atoms with Crippen molar-refractivity contribution in [2.75, 3.05) is 44.2 Å². The summed E-state index contributed by atoms with van der Waals surface area (Å²) in [4.78, 5) is 10.1. The molecule has 1 aliphatic rings. The molecule has 1 aromatic carbocycles. The van der Waals surface area contributed by atoms with E-state index in [-0.39, 0.29) is 6.61 Å². The molecule has 0 bridgehead atoms. The molecular weight excluding hydrogens is 394 g/mol. The molecule has 0 unspecified atom stereocenters. The largest absolute Gasteiger partial charge is 0.491 e. The van der Waals surface area contributed by atoms with E-state index in [2.05, 4.69) is 34.2 Å². The van der Waals surface area contributed by atoms with E-state index in [1.807, 2.05) is 24.3 Å². The third kappa shape index (κ3) is 4.94. The Balaban J connectivity index is 1.57. The van der Waals surface area contributed by atoms with Crippen LogP contribution in [0.15, 0.2) is 41.8 Å². The molecule has 0 aliphatic carbocycles. The summed E-state index contributed by atoms with van der Waals surface area (Å²) in [6, 6.07) is 12.4. The predicted molar refractivity (Wildman–Crippen MR) is 126 cm³/mol. The van der Waals surface area contributed by atoms with Gasteiger partial charge in [0.25, 0.3) is 0 Å². The lowest BCUT2D eigenvalue weighted by Crippen LogP contribution is -2.46. The molecule has 1 fully saturated rings. The van der Waals surface area contributed by atoms with E-state index in [1.54, 1.807) is 25.2 Å². The summed E-state index contributed by atoms with van der Waals surface area (Å²) >= 11 is 1.77. The number of hydrogen-bond donors (Lipinski definition) is 1. The second-order valence-corrected chi connectivity index (χ2v) is 9.57. The zero-order valence-corrected chi connectivity index (χ0v) is 18.9. The first kappa shape index (κ1) is 21.1. The Morgan fingerprint density at radius 2 is 1.83 bits per heavy atom. The lowest BCUT2D eigenvalue weighted by molar-refractivity contribution is 0.0285. The summed E-state index contributed by atoms with van der Waals surface area (Å²) in [5.41, 5.74) is 1.22. The Morgan fingerprint density at radius 3 is 2.50 bits per heavy atom. The zero-order chi connectivity index (χ0) is 21.1. The fourth-order valence-corrected chi connectivity index (χ4v) is 4.64. The summed E-state index contributed by atoms with van der Waals surface area (Å²) in [6.45, 7) is 11.4.